The third-order valence-corrected chi connectivity index (χ3v) is 3.27. The van der Waals surface area contributed by atoms with Crippen LogP contribution in [-0.4, -0.2) is 15.1 Å². The minimum Gasteiger partial charge on any atom is -0.482 e. The Labute approximate surface area is 135 Å². The van der Waals surface area contributed by atoms with Gasteiger partial charge in [-0.15, -0.1) is 10.2 Å². The van der Waals surface area contributed by atoms with Crippen LogP contribution < -0.4 is 4.74 Å². The Balaban J connectivity index is 1.74. The summed E-state index contributed by atoms with van der Waals surface area (Å²) in [6.07, 6.45) is 0. The van der Waals surface area contributed by atoms with Gasteiger partial charge >= 0.3 is 0 Å². The maximum Gasteiger partial charge on any atom is 0.270 e. The molecule has 0 atom stereocenters. The molecular weight excluding hydrogens is 322 g/mol. The second-order valence-corrected chi connectivity index (χ2v) is 4.93. The Morgan fingerprint density at radius 1 is 1.17 bits per heavy atom. The molecule has 1 heterocycles. The molecule has 3 aromatic rings. The number of non-ortho nitro benzene ring substituents is 1. The van der Waals surface area contributed by atoms with Crippen LogP contribution in [0.15, 0.2) is 52.9 Å². The summed E-state index contributed by atoms with van der Waals surface area (Å²) in [5.41, 5.74) is 0.422. The average molecular weight is 332 g/mol. The van der Waals surface area contributed by atoms with Crippen LogP contribution in [0.5, 0.6) is 5.75 Å². The number of para-hydroxylation sites is 1. The summed E-state index contributed by atoms with van der Waals surface area (Å²) in [5, 5.41) is 19.0. The SMILES string of the molecule is O=[N+]([O-])c1cccc(-c2nnc(COc3ccccc3Cl)o2)c1. The van der Waals surface area contributed by atoms with Crippen molar-refractivity contribution in [3.05, 3.63) is 69.6 Å². The highest BCUT2D eigenvalue weighted by Gasteiger charge is 2.13. The van der Waals surface area contributed by atoms with E-state index in [-0.39, 0.29) is 24.1 Å². The van der Waals surface area contributed by atoms with E-state index in [2.05, 4.69) is 10.2 Å². The lowest BCUT2D eigenvalue weighted by molar-refractivity contribution is -0.384. The lowest BCUT2D eigenvalue weighted by atomic mass is 10.2. The van der Waals surface area contributed by atoms with Crippen LogP contribution >= 0.6 is 11.6 Å². The second kappa shape index (κ2) is 6.45. The van der Waals surface area contributed by atoms with Crippen LogP contribution in [0, 0.1) is 10.1 Å². The zero-order valence-corrected chi connectivity index (χ0v) is 12.4. The molecule has 23 heavy (non-hydrogen) atoms. The molecule has 0 spiro atoms. The molecule has 0 amide bonds. The molecule has 0 radical (unpaired) electrons. The Bertz CT molecular complexity index is 850. The van der Waals surface area contributed by atoms with Crippen LogP contribution in [0.25, 0.3) is 11.5 Å². The van der Waals surface area contributed by atoms with E-state index < -0.39 is 4.92 Å². The molecule has 3 rings (SSSR count). The Morgan fingerprint density at radius 2 is 2.00 bits per heavy atom. The van der Waals surface area contributed by atoms with Gasteiger partial charge in [0.25, 0.3) is 11.6 Å². The molecule has 7 nitrogen and oxygen atoms in total. The summed E-state index contributed by atoms with van der Waals surface area (Å²) in [6.45, 7) is 0.0473. The Hall–Kier alpha value is -2.93. The zero-order chi connectivity index (χ0) is 16.2. The van der Waals surface area contributed by atoms with E-state index in [1.165, 1.54) is 12.1 Å². The summed E-state index contributed by atoms with van der Waals surface area (Å²) < 4.78 is 11.0. The molecule has 0 bridgehead atoms. The molecule has 8 heteroatoms. The summed E-state index contributed by atoms with van der Waals surface area (Å²) in [4.78, 5) is 10.3. The number of rotatable bonds is 5. The van der Waals surface area contributed by atoms with Crippen molar-refractivity contribution in [1.82, 2.24) is 10.2 Å². The largest absolute Gasteiger partial charge is 0.482 e. The van der Waals surface area contributed by atoms with E-state index >= 15 is 0 Å². The molecule has 0 aliphatic carbocycles. The van der Waals surface area contributed by atoms with Crippen molar-refractivity contribution in [2.24, 2.45) is 0 Å². The fourth-order valence-electron chi connectivity index (χ4n) is 1.88. The van der Waals surface area contributed by atoms with Crippen LogP contribution in [0.3, 0.4) is 0 Å². The number of aromatic nitrogens is 2. The summed E-state index contributed by atoms with van der Waals surface area (Å²) in [6, 6.07) is 13.0. The van der Waals surface area contributed by atoms with Crippen molar-refractivity contribution in [2.75, 3.05) is 0 Å². The molecule has 0 N–H and O–H groups in total. The van der Waals surface area contributed by atoms with Gasteiger partial charge in [-0.05, 0) is 18.2 Å². The molecule has 0 fully saturated rings. The first kappa shape index (κ1) is 15.0. The monoisotopic (exact) mass is 331 g/mol. The number of nitro benzene ring substituents is 1. The molecule has 2 aromatic carbocycles. The quantitative estimate of drug-likeness (QED) is 0.520. The highest BCUT2D eigenvalue weighted by atomic mass is 35.5. The van der Waals surface area contributed by atoms with Crippen molar-refractivity contribution >= 4 is 17.3 Å². The fourth-order valence-corrected chi connectivity index (χ4v) is 2.07. The third-order valence-electron chi connectivity index (χ3n) is 2.96. The molecule has 0 unspecified atom stereocenters. The molecule has 0 saturated heterocycles. The normalized spacial score (nSPS) is 10.5. The number of hydrogen-bond donors (Lipinski definition) is 0. The molecule has 0 aliphatic heterocycles. The lowest BCUT2D eigenvalue weighted by Gasteiger charge is -2.04. The van der Waals surface area contributed by atoms with E-state index in [0.29, 0.717) is 16.3 Å². The van der Waals surface area contributed by atoms with E-state index in [9.17, 15) is 10.1 Å². The van der Waals surface area contributed by atoms with Gasteiger partial charge in [0.15, 0.2) is 6.61 Å². The maximum absolute atomic E-state index is 10.8. The molecular formula is C15H10ClN3O4. The predicted octanol–water partition coefficient (Wildman–Crippen LogP) is 3.88. The number of halogens is 1. The van der Waals surface area contributed by atoms with Crippen LogP contribution in [0.2, 0.25) is 5.02 Å². The smallest absolute Gasteiger partial charge is 0.270 e. The second-order valence-electron chi connectivity index (χ2n) is 4.53. The first-order valence-electron chi connectivity index (χ1n) is 6.58. The Morgan fingerprint density at radius 3 is 2.78 bits per heavy atom. The predicted molar refractivity (Wildman–Crippen MR) is 82.2 cm³/mol. The first-order valence-corrected chi connectivity index (χ1v) is 6.96. The van der Waals surface area contributed by atoms with E-state index in [1.807, 2.05) is 0 Å². The lowest BCUT2D eigenvalue weighted by Crippen LogP contribution is -1.96. The Kier molecular flexibility index (Phi) is 4.20. The van der Waals surface area contributed by atoms with Crippen molar-refractivity contribution in [3.63, 3.8) is 0 Å². The molecule has 1 aromatic heterocycles. The van der Waals surface area contributed by atoms with Crippen molar-refractivity contribution in [2.45, 2.75) is 6.61 Å². The highest BCUT2D eigenvalue weighted by Crippen LogP contribution is 2.25. The van der Waals surface area contributed by atoms with Gasteiger partial charge in [0, 0.05) is 17.7 Å². The minimum absolute atomic E-state index is 0.0467. The van der Waals surface area contributed by atoms with Gasteiger partial charge in [0.1, 0.15) is 5.75 Å². The van der Waals surface area contributed by atoms with Gasteiger partial charge in [-0.25, -0.2) is 0 Å². The molecule has 0 aliphatic rings. The van der Waals surface area contributed by atoms with Crippen molar-refractivity contribution in [3.8, 4) is 17.2 Å². The van der Waals surface area contributed by atoms with Crippen LogP contribution in [-0.2, 0) is 6.61 Å². The third kappa shape index (κ3) is 3.46. The van der Waals surface area contributed by atoms with Gasteiger partial charge in [0.2, 0.25) is 5.89 Å². The van der Waals surface area contributed by atoms with Crippen LogP contribution in [0.1, 0.15) is 5.89 Å². The van der Waals surface area contributed by atoms with Gasteiger partial charge in [-0.2, -0.15) is 0 Å². The molecule has 116 valence electrons. The van der Waals surface area contributed by atoms with E-state index in [0.717, 1.165) is 0 Å². The standard InChI is InChI=1S/C15H10ClN3O4/c16-12-6-1-2-7-13(12)22-9-14-17-18-15(23-14)10-4-3-5-11(8-10)19(20)21/h1-8H,9H2. The maximum atomic E-state index is 10.8. The van der Waals surface area contributed by atoms with Gasteiger partial charge < -0.3 is 9.15 Å². The number of nitro groups is 1. The van der Waals surface area contributed by atoms with Gasteiger partial charge in [-0.1, -0.05) is 29.8 Å². The van der Waals surface area contributed by atoms with E-state index in [4.69, 9.17) is 20.8 Å². The molecule has 0 saturated carbocycles. The summed E-state index contributed by atoms with van der Waals surface area (Å²) >= 11 is 5.98. The number of hydrogen-bond acceptors (Lipinski definition) is 6. The number of nitrogens with zero attached hydrogens (tertiary/aromatic N) is 3. The van der Waals surface area contributed by atoms with Crippen molar-refractivity contribution in [1.29, 1.82) is 0 Å². The fraction of sp³-hybridized carbons (Fsp3) is 0.0667. The number of ether oxygens (including phenoxy) is 1. The zero-order valence-electron chi connectivity index (χ0n) is 11.7. The number of benzene rings is 2. The average Bonchev–Trinajstić information content (AvgIpc) is 3.03. The van der Waals surface area contributed by atoms with Gasteiger partial charge in [0.05, 0.1) is 9.95 Å². The van der Waals surface area contributed by atoms with Gasteiger partial charge in [-0.3, -0.25) is 10.1 Å². The van der Waals surface area contributed by atoms with E-state index in [1.54, 1.807) is 36.4 Å². The summed E-state index contributed by atoms with van der Waals surface area (Å²) in [5.74, 6) is 0.933. The topological polar surface area (TPSA) is 91.3 Å². The summed E-state index contributed by atoms with van der Waals surface area (Å²) in [7, 11) is 0. The highest BCUT2D eigenvalue weighted by molar-refractivity contribution is 6.32. The minimum atomic E-state index is -0.485. The first-order chi connectivity index (χ1) is 11.1. The van der Waals surface area contributed by atoms with Crippen molar-refractivity contribution < 1.29 is 14.1 Å². The van der Waals surface area contributed by atoms with Crippen LogP contribution in [0.4, 0.5) is 5.69 Å².